The van der Waals surface area contributed by atoms with Crippen LogP contribution in [0.1, 0.15) is 34.1 Å². The molecule has 0 aliphatic rings. The third kappa shape index (κ3) is 6.14. The second kappa shape index (κ2) is 9.38. The van der Waals surface area contributed by atoms with Crippen molar-refractivity contribution in [3.05, 3.63) is 65.7 Å². The number of anilines is 1. The van der Waals surface area contributed by atoms with E-state index in [1.54, 1.807) is 49.4 Å². The summed E-state index contributed by atoms with van der Waals surface area (Å²) in [4.78, 5) is 38.1. The summed E-state index contributed by atoms with van der Waals surface area (Å²) in [6.07, 6.45) is 0.0383. The van der Waals surface area contributed by atoms with Gasteiger partial charge in [0.25, 0.3) is 11.8 Å². The van der Waals surface area contributed by atoms with Crippen molar-refractivity contribution in [3.63, 3.8) is 0 Å². The van der Waals surface area contributed by atoms with Gasteiger partial charge >= 0.3 is 0 Å². The molecule has 3 N–H and O–H groups in total. The van der Waals surface area contributed by atoms with Gasteiger partial charge in [-0.05, 0) is 37.3 Å². The van der Waals surface area contributed by atoms with Crippen LogP contribution < -0.4 is 21.1 Å². The predicted octanol–water partition coefficient (Wildman–Crippen LogP) is 1.72. The van der Waals surface area contributed by atoms with Crippen LogP contribution in [0, 0.1) is 0 Å². The maximum atomic E-state index is 12.2. The zero-order chi connectivity index (χ0) is 19.8. The quantitative estimate of drug-likeness (QED) is 0.677. The molecule has 0 saturated heterocycles. The van der Waals surface area contributed by atoms with Gasteiger partial charge in [-0.2, -0.15) is 0 Å². The van der Waals surface area contributed by atoms with Gasteiger partial charge in [-0.1, -0.05) is 24.3 Å². The highest BCUT2D eigenvalue weighted by molar-refractivity contribution is 5.96. The molecular weight excluding hydrogens is 344 g/mol. The van der Waals surface area contributed by atoms with Crippen molar-refractivity contribution < 1.29 is 14.4 Å². The van der Waals surface area contributed by atoms with Gasteiger partial charge in [-0.15, -0.1) is 0 Å². The number of carbonyl (C=O) groups excluding carboxylic acids is 3. The molecule has 142 valence electrons. The number of benzene rings is 2. The standard InChI is InChI=1S/C20H24N4O3/c1-14(21-19(26)15-8-5-4-6-9-15)12-18(25)22-23-20(27)16-10-7-11-17(13-16)24(2)3/h4-11,13-14H,12H2,1-3H3,(H,21,26)(H,22,25)(H,23,27). The lowest BCUT2D eigenvalue weighted by atomic mass is 10.1. The van der Waals surface area contributed by atoms with E-state index in [2.05, 4.69) is 16.2 Å². The number of carbonyl (C=O) groups is 3. The summed E-state index contributed by atoms with van der Waals surface area (Å²) in [6.45, 7) is 1.72. The third-order valence-corrected chi connectivity index (χ3v) is 3.85. The Morgan fingerprint density at radius 1 is 0.889 bits per heavy atom. The topological polar surface area (TPSA) is 90.5 Å². The van der Waals surface area contributed by atoms with Crippen molar-refractivity contribution in [1.82, 2.24) is 16.2 Å². The zero-order valence-corrected chi connectivity index (χ0v) is 15.7. The Hall–Kier alpha value is -3.35. The molecule has 0 aliphatic carbocycles. The molecule has 0 aromatic heterocycles. The van der Waals surface area contributed by atoms with Crippen molar-refractivity contribution in [2.24, 2.45) is 0 Å². The van der Waals surface area contributed by atoms with Gasteiger partial charge in [0.15, 0.2) is 0 Å². The molecule has 0 fully saturated rings. The van der Waals surface area contributed by atoms with Gasteiger partial charge < -0.3 is 10.2 Å². The van der Waals surface area contributed by atoms with Gasteiger partial charge in [-0.3, -0.25) is 25.2 Å². The highest BCUT2D eigenvalue weighted by Gasteiger charge is 2.14. The van der Waals surface area contributed by atoms with E-state index < -0.39 is 11.8 Å². The molecule has 2 aromatic carbocycles. The first-order valence-electron chi connectivity index (χ1n) is 8.59. The Bertz CT molecular complexity index is 806. The maximum absolute atomic E-state index is 12.2. The van der Waals surface area contributed by atoms with Crippen molar-refractivity contribution in [3.8, 4) is 0 Å². The number of rotatable bonds is 6. The molecule has 7 nitrogen and oxygen atoms in total. The van der Waals surface area contributed by atoms with Crippen LogP contribution in [0.3, 0.4) is 0 Å². The Morgan fingerprint density at radius 2 is 1.56 bits per heavy atom. The van der Waals surface area contributed by atoms with Crippen LogP contribution in [0.4, 0.5) is 5.69 Å². The molecule has 0 spiro atoms. The molecule has 2 aromatic rings. The number of nitrogens with one attached hydrogen (secondary N) is 3. The van der Waals surface area contributed by atoms with E-state index in [1.807, 2.05) is 31.1 Å². The zero-order valence-electron chi connectivity index (χ0n) is 15.7. The van der Waals surface area contributed by atoms with E-state index in [-0.39, 0.29) is 18.4 Å². The third-order valence-electron chi connectivity index (χ3n) is 3.85. The Morgan fingerprint density at radius 3 is 2.22 bits per heavy atom. The molecule has 0 aliphatic heterocycles. The normalized spacial score (nSPS) is 11.2. The molecule has 2 rings (SSSR count). The van der Waals surface area contributed by atoms with Crippen LogP contribution in [0.25, 0.3) is 0 Å². The summed E-state index contributed by atoms with van der Waals surface area (Å²) >= 11 is 0. The minimum Gasteiger partial charge on any atom is -0.378 e. The summed E-state index contributed by atoms with van der Waals surface area (Å²) in [5.74, 6) is -1.05. The molecule has 0 heterocycles. The maximum Gasteiger partial charge on any atom is 0.269 e. The lowest BCUT2D eigenvalue weighted by Gasteiger charge is -2.15. The SMILES string of the molecule is CC(CC(=O)NNC(=O)c1cccc(N(C)C)c1)NC(=O)c1ccccc1. The summed E-state index contributed by atoms with van der Waals surface area (Å²) in [7, 11) is 3.76. The minimum absolute atomic E-state index is 0.0383. The number of amides is 3. The van der Waals surface area contributed by atoms with Crippen LogP contribution >= 0.6 is 0 Å². The lowest BCUT2D eigenvalue weighted by Crippen LogP contribution is -2.44. The Kier molecular flexibility index (Phi) is 6.93. The first-order chi connectivity index (χ1) is 12.9. The van der Waals surface area contributed by atoms with Crippen LogP contribution in [-0.2, 0) is 4.79 Å². The summed E-state index contributed by atoms with van der Waals surface area (Å²) < 4.78 is 0. The first kappa shape index (κ1) is 20.0. The van der Waals surface area contributed by atoms with Gasteiger partial charge in [0.2, 0.25) is 5.91 Å². The Labute approximate surface area is 158 Å². The summed E-state index contributed by atoms with van der Waals surface area (Å²) in [5.41, 5.74) is 6.60. The number of hydrogen-bond acceptors (Lipinski definition) is 4. The fraction of sp³-hybridized carbons (Fsp3) is 0.250. The van der Waals surface area contributed by atoms with Gasteiger partial charge in [0, 0.05) is 43.4 Å². The van der Waals surface area contributed by atoms with Gasteiger partial charge in [0.1, 0.15) is 0 Å². The predicted molar refractivity (Wildman–Crippen MR) is 104 cm³/mol. The van der Waals surface area contributed by atoms with E-state index in [0.29, 0.717) is 11.1 Å². The lowest BCUT2D eigenvalue weighted by molar-refractivity contribution is -0.122. The molecule has 1 atom stereocenters. The minimum atomic E-state index is -0.409. The highest BCUT2D eigenvalue weighted by atomic mass is 16.2. The van der Waals surface area contributed by atoms with Crippen LogP contribution in [-0.4, -0.2) is 37.9 Å². The van der Waals surface area contributed by atoms with Crippen LogP contribution in [0.2, 0.25) is 0 Å². The van der Waals surface area contributed by atoms with Crippen LogP contribution in [0.5, 0.6) is 0 Å². The molecule has 1 unspecified atom stereocenters. The largest absolute Gasteiger partial charge is 0.378 e. The summed E-state index contributed by atoms with van der Waals surface area (Å²) in [6, 6.07) is 15.4. The van der Waals surface area contributed by atoms with E-state index >= 15 is 0 Å². The highest BCUT2D eigenvalue weighted by Crippen LogP contribution is 2.13. The second-order valence-electron chi connectivity index (χ2n) is 6.39. The van der Waals surface area contributed by atoms with E-state index in [0.717, 1.165) is 5.69 Å². The fourth-order valence-corrected chi connectivity index (χ4v) is 2.40. The molecule has 27 heavy (non-hydrogen) atoms. The van der Waals surface area contributed by atoms with E-state index in [1.165, 1.54) is 0 Å². The number of hydrogen-bond donors (Lipinski definition) is 3. The Balaban J connectivity index is 1.80. The molecule has 0 radical (unpaired) electrons. The average Bonchev–Trinajstić information content (AvgIpc) is 2.66. The van der Waals surface area contributed by atoms with Crippen molar-refractivity contribution in [2.45, 2.75) is 19.4 Å². The average molecular weight is 368 g/mol. The monoisotopic (exact) mass is 368 g/mol. The van der Waals surface area contributed by atoms with Gasteiger partial charge in [0.05, 0.1) is 0 Å². The smallest absolute Gasteiger partial charge is 0.269 e. The van der Waals surface area contributed by atoms with Crippen molar-refractivity contribution in [2.75, 3.05) is 19.0 Å². The molecule has 0 saturated carbocycles. The molecular formula is C20H24N4O3. The molecule has 0 bridgehead atoms. The van der Waals surface area contributed by atoms with Gasteiger partial charge in [-0.25, -0.2) is 0 Å². The molecule has 3 amide bonds. The first-order valence-corrected chi connectivity index (χ1v) is 8.59. The number of hydrazine groups is 1. The van der Waals surface area contributed by atoms with E-state index in [4.69, 9.17) is 0 Å². The second-order valence-corrected chi connectivity index (χ2v) is 6.39. The number of nitrogens with zero attached hydrogens (tertiary/aromatic N) is 1. The van der Waals surface area contributed by atoms with Crippen LogP contribution in [0.15, 0.2) is 54.6 Å². The van der Waals surface area contributed by atoms with Crippen molar-refractivity contribution >= 4 is 23.4 Å². The fourth-order valence-electron chi connectivity index (χ4n) is 2.40. The van der Waals surface area contributed by atoms with Crippen molar-refractivity contribution in [1.29, 1.82) is 0 Å². The summed E-state index contributed by atoms with van der Waals surface area (Å²) in [5, 5.41) is 2.75. The van der Waals surface area contributed by atoms with E-state index in [9.17, 15) is 14.4 Å². The molecule has 7 heteroatoms.